The minimum Gasteiger partial charge on any atom is -0.213 e. The van der Waals surface area contributed by atoms with Crippen molar-refractivity contribution in [2.45, 2.75) is 0 Å². The summed E-state index contributed by atoms with van der Waals surface area (Å²) in [6.45, 7) is 0. The lowest BCUT2D eigenvalue weighted by molar-refractivity contribution is 0.825. The predicted molar refractivity (Wildman–Crippen MR) is 119 cm³/mol. The van der Waals surface area contributed by atoms with Crippen LogP contribution < -0.4 is 0 Å². The van der Waals surface area contributed by atoms with Crippen LogP contribution in [-0.4, -0.2) is 15.0 Å². The van der Waals surface area contributed by atoms with Gasteiger partial charge in [-0.05, 0) is 68.7 Å². The highest BCUT2D eigenvalue weighted by Gasteiger charge is 2.10. The van der Waals surface area contributed by atoms with E-state index in [1.165, 1.54) is 32.3 Å². The van der Waals surface area contributed by atoms with Gasteiger partial charge >= 0.3 is 0 Å². The number of hydrogen-bond acceptors (Lipinski definition) is 2. The summed E-state index contributed by atoms with van der Waals surface area (Å²) in [4.78, 5) is 0. The molecule has 6 aromatic rings. The molecule has 0 amide bonds. The molecule has 28 heavy (non-hydrogen) atoms. The zero-order chi connectivity index (χ0) is 18.7. The number of para-hydroxylation sites is 1. The van der Waals surface area contributed by atoms with E-state index in [9.17, 15) is 0 Å². The van der Waals surface area contributed by atoms with Crippen molar-refractivity contribution in [3.8, 4) is 5.69 Å². The first kappa shape index (κ1) is 15.8. The molecule has 1 heterocycles. The van der Waals surface area contributed by atoms with Crippen LogP contribution in [0.3, 0.4) is 0 Å². The van der Waals surface area contributed by atoms with Crippen molar-refractivity contribution in [2.24, 2.45) is 0 Å². The Morgan fingerprint density at radius 2 is 1.36 bits per heavy atom. The predicted octanol–water partition coefficient (Wildman–Crippen LogP) is 6.64. The maximum absolute atomic E-state index is 4.39. The van der Waals surface area contributed by atoms with Gasteiger partial charge in [0.25, 0.3) is 0 Å². The van der Waals surface area contributed by atoms with Gasteiger partial charge in [0.05, 0.1) is 11.2 Å². The summed E-state index contributed by atoms with van der Waals surface area (Å²) in [6.07, 6.45) is 0. The van der Waals surface area contributed by atoms with E-state index < -0.39 is 0 Å². The summed E-state index contributed by atoms with van der Waals surface area (Å²) in [5.41, 5.74) is 2.92. The third-order valence-electron chi connectivity index (χ3n) is 5.36. The summed E-state index contributed by atoms with van der Waals surface area (Å²) in [5.74, 6) is 0. The van der Waals surface area contributed by atoms with Crippen molar-refractivity contribution < 1.29 is 0 Å². The van der Waals surface area contributed by atoms with E-state index in [2.05, 4.69) is 93.0 Å². The molecule has 5 aromatic carbocycles. The number of aromatic nitrogens is 3. The number of fused-ring (bicyclic) bond motifs is 6. The molecule has 132 valence electrons. The molecule has 0 atom stereocenters. The van der Waals surface area contributed by atoms with Crippen LogP contribution in [0.5, 0.6) is 0 Å². The van der Waals surface area contributed by atoms with Crippen molar-refractivity contribution in [1.29, 1.82) is 0 Å². The lowest BCUT2D eigenvalue weighted by Crippen LogP contribution is -1.96. The van der Waals surface area contributed by atoms with Gasteiger partial charge in [-0.15, -0.1) is 5.10 Å². The van der Waals surface area contributed by atoms with Crippen LogP contribution in [0.4, 0.5) is 0 Å². The third-order valence-corrected chi connectivity index (χ3v) is 5.85. The van der Waals surface area contributed by atoms with Gasteiger partial charge in [-0.2, -0.15) is 0 Å². The van der Waals surface area contributed by atoms with Crippen LogP contribution in [0.1, 0.15) is 0 Å². The molecular weight excluding hydrogens is 410 g/mol. The number of nitrogens with zero attached hydrogens (tertiary/aromatic N) is 3. The molecule has 0 spiro atoms. The topological polar surface area (TPSA) is 30.7 Å². The summed E-state index contributed by atoms with van der Waals surface area (Å²) >= 11 is 3.63. The van der Waals surface area contributed by atoms with E-state index in [4.69, 9.17) is 0 Å². The molecule has 0 saturated carbocycles. The van der Waals surface area contributed by atoms with Crippen LogP contribution in [0.2, 0.25) is 0 Å². The molecule has 0 aliphatic heterocycles. The largest absolute Gasteiger partial charge is 0.213 e. The van der Waals surface area contributed by atoms with E-state index in [0.29, 0.717) is 0 Å². The molecule has 3 nitrogen and oxygen atoms in total. The van der Waals surface area contributed by atoms with Gasteiger partial charge in [-0.25, -0.2) is 4.68 Å². The highest BCUT2D eigenvalue weighted by Crippen LogP contribution is 2.34. The maximum atomic E-state index is 4.39. The highest BCUT2D eigenvalue weighted by atomic mass is 79.9. The zero-order valence-electron chi connectivity index (χ0n) is 14.8. The number of halogens is 1. The Bertz CT molecular complexity index is 1530. The van der Waals surface area contributed by atoms with Crippen molar-refractivity contribution in [3.63, 3.8) is 0 Å². The van der Waals surface area contributed by atoms with Crippen LogP contribution in [0.25, 0.3) is 49.0 Å². The van der Waals surface area contributed by atoms with Gasteiger partial charge in [0.2, 0.25) is 0 Å². The second-order valence-electron chi connectivity index (χ2n) is 6.99. The van der Waals surface area contributed by atoms with E-state index >= 15 is 0 Å². The van der Waals surface area contributed by atoms with E-state index in [-0.39, 0.29) is 0 Å². The first-order valence-electron chi connectivity index (χ1n) is 9.13. The Hall–Kier alpha value is -3.24. The fourth-order valence-electron chi connectivity index (χ4n) is 4.03. The fourth-order valence-corrected chi connectivity index (χ4v) is 4.39. The van der Waals surface area contributed by atoms with Gasteiger partial charge in [0, 0.05) is 4.47 Å². The van der Waals surface area contributed by atoms with Crippen molar-refractivity contribution >= 4 is 59.3 Å². The molecule has 0 fully saturated rings. The third kappa shape index (κ3) is 2.28. The van der Waals surface area contributed by atoms with Crippen molar-refractivity contribution in [2.75, 3.05) is 0 Å². The lowest BCUT2D eigenvalue weighted by Gasteiger charge is -2.10. The average molecular weight is 424 g/mol. The second-order valence-corrected chi connectivity index (χ2v) is 7.91. The molecule has 0 saturated heterocycles. The van der Waals surface area contributed by atoms with Gasteiger partial charge < -0.3 is 0 Å². The first-order valence-corrected chi connectivity index (χ1v) is 9.93. The zero-order valence-corrected chi connectivity index (χ0v) is 16.4. The van der Waals surface area contributed by atoms with Crippen molar-refractivity contribution in [3.05, 3.63) is 89.4 Å². The maximum Gasteiger partial charge on any atom is 0.113 e. The Balaban J connectivity index is 1.74. The number of hydrogen-bond donors (Lipinski definition) is 0. The average Bonchev–Trinajstić information content (AvgIpc) is 3.17. The Morgan fingerprint density at radius 1 is 0.679 bits per heavy atom. The fraction of sp³-hybridized carbons (Fsp3) is 0. The molecule has 4 heteroatoms. The van der Waals surface area contributed by atoms with Gasteiger partial charge in [0.15, 0.2) is 0 Å². The summed E-state index contributed by atoms with van der Waals surface area (Å²) in [7, 11) is 0. The molecule has 0 aliphatic carbocycles. The first-order chi connectivity index (χ1) is 13.8. The lowest BCUT2D eigenvalue weighted by atomic mass is 9.96. The molecule has 0 N–H and O–H groups in total. The molecule has 0 unspecified atom stereocenters. The molecule has 0 aliphatic rings. The molecular formula is C24H14BrN3. The van der Waals surface area contributed by atoms with Gasteiger partial charge in [-0.3, -0.25) is 0 Å². The van der Waals surface area contributed by atoms with Crippen LogP contribution >= 0.6 is 15.9 Å². The highest BCUT2D eigenvalue weighted by molar-refractivity contribution is 9.10. The molecule has 6 rings (SSSR count). The molecule has 1 aromatic heterocycles. The van der Waals surface area contributed by atoms with Crippen LogP contribution in [0.15, 0.2) is 89.4 Å². The second kappa shape index (κ2) is 5.88. The minimum absolute atomic E-state index is 0.898. The minimum atomic E-state index is 0.898. The summed E-state index contributed by atoms with van der Waals surface area (Å²) in [5, 5.41) is 16.1. The summed E-state index contributed by atoms with van der Waals surface area (Å²) < 4.78 is 3.00. The van der Waals surface area contributed by atoms with Gasteiger partial charge in [0.1, 0.15) is 5.52 Å². The van der Waals surface area contributed by atoms with Crippen LogP contribution in [-0.2, 0) is 0 Å². The Kier molecular flexibility index (Phi) is 3.31. The smallest absolute Gasteiger partial charge is 0.113 e. The van der Waals surface area contributed by atoms with E-state index in [0.717, 1.165) is 21.2 Å². The monoisotopic (exact) mass is 423 g/mol. The molecule has 0 radical (unpaired) electrons. The SMILES string of the molecule is Brc1ccc2ccc3ccc4ccc(-n5nnc6ccccc65)cc4c3c2c1. The normalized spacial score (nSPS) is 11.8. The van der Waals surface area contributed by atoms with E-state index in [1.54, 1.807) is 0 Å². The van der Waals surface area contributed by atoms with E-state index in [1.807, 2.05) is 22.9 Å². The summed E-state index contributed by atoms with van der Waals surface area (Å²) in [6, 6.07) is 29.7. The Labute approximate surface area is 169 Å². The quantitative estimate of drug-likeness (QED) is 0.277. The number of rotatable bonds is 1. The molecule has 0 bridgehead atoms. The number of benzene rings is 5. The van der Waals surface area contributed by atoms with Crippen LogP contribution in [0, 0.1) is 0 Å². The standard InChI is InChI=1S/C24H14BrN3/c25-18-11-9-15-5-7-17-8-6-16-10-12-19(14-21(16)24(17)20(15)13-18)28-23-4-2-1-3-22(23)26-27-28/h1-14H. The Morgan fingerprint density at radius 3 is 2.21 bits per heavy atom. The van der Waals surface area contributed by atoms with Crippen molar-refractivity contribution in [1.82, 2.24) is 15.0 Å². The van der Waals surface area contributed by atoms with Gasteiger partial charge in [-0.1, -0.05) is 69.7 Å².